The predicted molar refractivity (Wildman–Crippen MR) is 178 cm³/mol. The Bertz CT molecular complexity index is 1730. The van der Waals surface area contributed by atoms with Crippen molar-refractivity contribution in [3.63, 3.8) is 0 Å². The SMILES string of the molecule is CCN1C(=CC2=C(C)C(=Cc3sc4cc(S(=O)CC)ccc4[n+]3CC)CCC2)Sc2ccc(-c3ccccc3)cc21. The first kappa shape index (κ1) is 28.2. The Morgan fingerprint density at radius 2 is 1.78 bits per heavy atom. The zero-order valence-corrected chi connectivity index (χ0v) is 26.7. The summed E-state index contributed by atoms with van der Waals surface area (Å²) in [6, 6.07) is 23.9. The van der Waals surface area contributed by atoms with E-state index in [0.29, 0.717) is 5.75 Å². The molecule has 0 radical (unpaired) electrons. The second-order valence-electron chi connectivity index (χ2n) is 10.5. The highest BCUT2D eigenvalue weighted by atomic mass is 32.2. The number of thiazole rings is 1. The molecule has 2 heterocycles. The van der Waals surface area contributed by atoms with E-state index in [1.807, 2.05) is 36.1 Å². The van der Waals surface area contributed by atoms with Gasteiger partial charge in [-0.25, -0.2) is 0 Å². The third kappa shape index (κ3) is 5.50. The molecule has 0 saturated carbocycles. The van der Waals surface area contributed by atoms with Crippen LogP contribution in [0.15, 0.2) is 104 Å². The van der Waals surface area contributed by atoms with Gasteiger partial charge in [0.2, 0.25) is 5.52 Å². The summed E-state index contributed by atoms with van der Waals surface area (Å²) in [4.78, 5) is 4.73. The van der Waals surface area contributed by atoms with Gasteiger partial charge in [-0.3, -0.25) is 4.21 Å². The third-order valence-electron chi connectivity index (χ3n) is 8.15. The molecule has 0 amide bonds. The first-order chi connectivity index (χ1) is 20.0. The van der Waals surface area contributed by atoms with Gasteiger partial charge in [0, 0.05) is 34.2 Å². The molecule has 1 atom stereocenters. The van der Waals surface area contributed by atoms with Gasteiger partial charge in [0.05, 0.1) is 21.5 Å². The molecular formula is C35H37N2OS3+. The molecule has 6 rings (SSSR count). The Kier molecular flexibility index (Phi) is 8.34. The summed E-state index contributed by atoms with van der Waals surface area (Å²) in [5.41, 5.74) is 9.36. The van der Waals surface area contributed by atoms with Crippen LogP contribution in [0, 0.1) is 0 Å². The highest BCUT2D eigenvalue weighted by Gasteiger charge is 2.26. The third-order valence-corrected chi connectivity index (χ3v) is 11.7. The number of anilines is 1. The maximum Gasteiger partial charge on any atom is 0.263 e. The lowest BCUT2D eigenvalue weighted by Gasteiger charge is -2.22. The fraction of sp³-hybridized carbons (Fsp3) is 0.286. The van der Waals surface area contributed by atoms with Gasteiger partial charge >= 0.3 is 0 Å². The number of aryl methyl sites for hydroxylation is 1. The van der Waals surface area contributed by atoms with Crippen LogP contribution in [0.5, 0.6) is 0 Å². The van der Waals surface area contributed by atoms with Crippen LogP contribution in [-0.4, -0.2) is 16.5 Å². The number of fused-ring (bicyclic) bond motifs is 2. The van der Waals surface area contributed by atoms with Gasteiger partial charge in [-0.05, 0) is 98.2 Å². The first-order valence-electron chi connectivity index (χ1n) is 14.6. The number of thioether (sulfide) groups is 1. The first-order valence-corrected chi connectivity index (χ1v) is 17.6. The zero-order valence-electron chi connectivity index (χ0n) is 24.3. The predicted octanol–water partition coefficient (Wildman–Crippen LogP) is 9.36. The van der Waals surface area contributed by atoms with Crippen LogP contribution in [0.2, 0.25) is 0 Å². The number of hydrogen-bond donors (Lipinski definition) is 0. The Morgan fingerprint density at radius 3 is 2.54 bits per heavy atom. The van der Waals surface area contributed by atoms with Crippen molar-refractivity contribution in [1.82, 2.24) is 0 Å². The minimum atomic E-state index is -0.933. The molecule has 1 unspecified atom stereocenters. The average molecular weight is 598 g/mol. The molecule has 0 spiro atoms. The Hall–Kier alpha value is -2.93. The van der Waals surface area contributed by atoms with Crippen LogP contribution in [0.3, 0.4) is 0 Å². The molecule has 0 N–H and O–H groups in total. The van der Waals surface area contributed by atoms with Crippen molar-refractivity contribution < 1.29 is 8.78 Å². The molecule has 4 aromatic rings. The van der Waals surface area contributed by atoms with Crippen LogP contribution in [-0.2, 0) is 17.3 Å². The van der Waals surface area contributed by atoms with E-state index >= 15 is 0 Å². The maximum absolute atomic E-state index is 12.4. The van der Waals surface area contributed by atoms with Gasteiger partial charge < -0.3 is 4.90 Å². The summed E-state index contributed by atoms with van der Waals surface area (Å²) >= 11 is 3.71. The van der Waals surface area contributed by atoms with Crippen molar-refractivity contribution in [3.8, 4) is 11.1 Å². The summed E-state index contributed by atoms with van der Waals surface area (Å²) in [7, 11) is -0.933. The van der Waals surface area contributed by atoms with Crippen molar-refractivity contribution in [2.24, 2.45) is 0 Å². The lowest BCUT2D eigenvalue weighted by atomic mass is 9.88. The van der Waals surface area contributed by atoms with E-state index in [4.69, 9.17) is 0 Å². The molecule has 1 aromatic heterocycles. The van der Waals surface area contributed by atoms with Gasteiger partial charge in [-0.15, -0.1) is 0 Å². The van der Waals surface area contributed by atoms with Crippen LogP contribution in [0.1, 0.15) is 52.0 Å². The number of nitrogens with zero attached hydrogens (tertiary/aromatic N) is 2. The molecule has 2 aliphatic rings. The molecule has 41 heavy (non-hydrogen) atoms. The summed E-state index contributed by atoms with van der Waals surface area (Å²) < 4.78 is 16.1. The smallest absolute Gasteiger partial charge is 0.263 e. The fourth-order valence-electron chi connectivity index (χ4n) is 5.88. The lowest BCUT2D eigenvalue weighted by Crippen LogP contribution is -2.33. The normalized spacial score (nSPS) is 18.1. The standard InChI is InChI=1S/C35H37N2OS3/c1-5-36-30-18-17-29(41(38)7-3)23-33(30)40-34(36)21-26-14-11-15-27(24(26)4)22-35-37(6-2)31-20-28(16-19-32(31)39-35)25-12-9-8-10-13-25/h8-10,12-13,16-23H,5-7,11,14-15H2,1-4H3/q+1. The molecule has 0 bridgehead atoms. The van der Waals surface area contributed by atoms with E-state index in [1.165, 1.54) is 65.1 Å². The van der Waals surface area contributed by atoms with Crippen LogP contribution < -0.4 is 9.47 Å². The van der Waals surface area contributed by atoms with Crippen molar-refractivity contribution in [3.05, 3.63) is 99.6 Å². The fourth-order valence-corrected chi connectivity index (χ4v) is 9.17. The monoisotopic (exact) mass is 597 g/mol. The van der Waals surface area contributed by atoms with E-state index < -0.39 is 10.8 Å². The largest absolute Gasteiger partial charge is 0.335 e. The highest BCUT2D eigenvalue weighted by molar-refractivity contribution is 8.03. The van der Waals surface area contributed by atoms with Crippen LogP contribution in [0.25, 0.3) is 27.4 Å². The molecule has 1 aliphatic carbocycles. The van der Waals surface area contributed by atoms with E-state index in [0.717, 1.165) is 30.8 Å². The molecule has 1 aliphatic heterocycles. The molecule has 3 aromatic carbocycles. The van der Waals surface area contributed by atoms with Crippen LogP contribution in [0.4, 0.5) is 5.69 Å². The average Bonchev–Trinajstić information content (AvgIpc) is 3.54. The second-order valence-corrected chi connectivity index (χ2v) is 14.4. The molecule has 0 fully saturated rings. The zero-order chi connectivity index (χ0) is 28.5. The Balaban J connectivity index is 1.34. The Labute approximate surface area is 254 Å². The molecule has 6 heteroatoms. The Morgan fingerprint density at radius 1 is 0.951 bits per heavy atom. The van der Waals surface area contributed by atoms with E-state index in [9.17, 15) is 4.21 Å². The van der Waals surface area contributed by atoms with E-state index in [-0.39, 0.29) is 0 Å². The van der Waals surface area contributed by atoms with Crippen molar-refractivity contribution in [2.45, 2.75) is 63.3 Å². The van der Waals surface area contributed by atoms with Crippen molar-refractivity contribution in [2.75, 3.05) is 17.2 Å². The van der Waals surface area contributed by atoms with Gasteiger partial charge in [0.1, 0.15) is 11.2 Å². The molecule has 210 valence electrons. The molecule has 3 nitrogen and oxygen atoms in total. The minimum Gasteiger partial charge on any atom is -0.335 e. The lowest BCUT2D eigenvalue weighted by molar-refractivity contribution is -0.665. The number of hydrogen-bond acceptors (Lipinski definition) is 4. The quantitative estimate of drug-likeness (QED) is 0.198. The highest BCUT2D eigenvalue weighted by Crippen LogP contribution is 2.48. The summed E-state index contributed by atoms with van der Waals surface area (Å²) in [5, 5.41) is 2.60. The van der Waals surface area contributed by atoms with E-state index in [2.05, 4.69) is 103 Å². The minimum absolute atomic E-state index is 0.650. The summed E-state index contributed by atoms with van der Waals surface area (Å²) in [5.74, 6) is 0.650. The van der Waals surface area contributed by atoms with Crippen molar-refractivity contribution >= 4 is 55.9 Å². The van der Waals surface area contributed by atoms with Crippen LogP contribution >= 0.6 is 23.1 Å². The number of allylic oxidation sites excluding steroid dienone is 4. The van der Waals surface area contributed by atoms with Crippen molar-refractivity contribution in [1.29, 1.82) is 0 Å². The number of aromatic nitrogens is 1. The number of rotatable bonds is 7. The maximum atomic E-state index is 12.4. The molecule has 0 saturated heterocycles. The van der Waals surface area contributed by atoms with E-state index in [1.54, 1.807) is 0 Å². The van der Waals surface area contributed by atoms with Gasteiger partial charge in [0.25, 0.3) is 5.01 Å². The van der Waals surface area contributed by atoms with Gasteiger partial charge in [-0.1, -0.05) is 66.4 Å². The second kappa shape index (κ2) is 12.1. The molecular weight excluding hydrogens is 561 g/mol. The van der Waals surface area contributed by atoms with Gasteiger partial charge in [0.15, 0.2) is 0 Å². The number of benzene rings is 3. The van der Waals surface area contributed by atoms with Gasteiger partial charge in [-0.2, -0.15) is 4.57 Å². The summed E-state index contributed by atoms with van der Waals surface area (Å²) in [6.45, 7) is 10.6. The summed E-state index contributed by atoms with van der Waals surface area (Å²) in [6.07, 6.45) is 8.25. The topological polar surface area (TPSA) is 24.2 Å².